The fourth-order valence-electron chi connectivity index (χ4n) is 3.10. The minimum atomic E-state index is -0.0184. The Balaban J connectivity index is 1.39. The van der Waals surface area contributed by atoms with Crippen molar-refractivity contribution in [2.75, 3.05) is 37.7 Å². The first-order valence-electron chi connectivity index (χ1n) is 9.19. The molecule has 0 aromatic carbocycles. The fourth-order valence-corrected chi connectivity index (χ4v) is 3.10. The van der Waals surface area contributed by atoms with Crippen LogP contribution in [0.2, 0.25) is 0 Å². The quantitative estimate of drug-likeness (QED) is 0.662. The predicted octanol–water partition coefficient (Wildman–Crippen LogP) is 1.42. The van der Waals surface area contributed by atoms with Crippen molar-refractivity contribution >= 4 is 11.7 Å². The SMILES string of the molecule is CCOc1ccc(C(=O)N2CCN(c3cc(-n4cccn4)ncn3)CC2)cn1. The molecule has 1 amide bonds. The van der Waals surface area contributed by atoms with Crippen molar-refractivity contribution in [2.45, 2.75) is 6.92 Å². The number of anilines is 1. The van der Waals surface area contributed by atoms with Gasteiger partial charge in [0.25, 0.3) is 5.91 Å². The van der Waals surface area contributed by atoms with E-state index in [1.165, 1.54) is 6.33 Å². The Hall–Kier alpha value is -3.49. The van der Waals surface area contributed by atoms with Crippen molar-refractivity contribution in [1.29, 1.82) is 0 Å². The highest BCUT2D eigenvalue weighted by Crippen LogP contribution is 2.17. The van der Waals surface area contributed by atoms with Crippen LogP contribution in [0, 0.1) is 0 Å². The van der Waals surface area contributed by atoms with Crippen molar-refractivity contribution in [3.05, 3.63) is 54.7 Å². The summed E-state index contributed by atoms with van der Waals surface area (Å²) in [6.45, 7) is 5.08. The van der Waals surface area contributed by atoms with Crippen LogP contribution >= 0.6 is 0 Å². The molecule has 4 heterocycles. The topological polar surface area (TPSA) is 89.3 Å². The van der Waals surface area contributed by atoms with E-state index in [0.717, 1.165) is 5.82 Å². The molecule has 1 aliphatic heterocycles. The standard InChI is InChI=1S/C19H21N7O2/c1-2-28-18-5-4-15(13-20-18)19(27)25-10-8-24(9-11-25)16-12-17(22-14-21-16)26-7-3-6-23-26/h3-7,12-14H,2,8-11H2,1H3. The van der Waals surface area contributed by atoms with Gasteiger partial charge >= 0.3 is 0 Å². The first-order valence-corrected chi connectivity index (χ1v) is 9.19. The smallest absolute Gasteiger partial charge is 0.255 e. The molecule has 0 radical (unpaired) electrons. The molecule has 0 atom stereocenters. The maximum Gasteiger partial charge on any atom is 0.255 e. The number of piperazine rings is 1. The van der Waals surface area contributed by atoms with Crippen LogP contribution in [-0.4, -0.2) is 68.3 Å². The largest absolute Gasteiger partial charge is 0.478 e. The Morgan fingerprint density at radius 3 is 2.61 bits per heavy atom. The monoisotopic (exact) mass is 379 g/mol. The van der Waals surface area contributed by atoms with Gasteiger partial charge in [-0.25, -0.2) is 19.6 Å². The van der Waals surface area contributed by atoms with Crippen LogP contribution < -0.4 is 9.64 Å². The van der Waals surface area contributed by atoms with Gasteiger partial charge < -0.3 is 14.5 Å². The molecule has 3 aromatic heterocycles. The lowest BCUT2D eigenvalue weighted by molar-refractivity contribution is 0.0746. The number of nitrogens with zero attached hydrogens (tertiary/aromatic N) is 7. The lowest BCUT2D eigenvalue weighted by Crippen LogP contribution is -2.49. The second-order valence-corrected chi connectivity index (χ2v) is 6.28. The normalized spacial score (nSPS) is 14.2. The maximum absolute atomic E-state index is 12.7. The van der Waals surface area contributed by atoms with Crippen molar-refractivity contribution < 1.29 is 9.53 Å². The molecule has 0 N–H and O–H groups in total. The number of pyridine rings is 1. The third-order valence-electron chi connectivity index (χ3n) is 4.54. The molecule has 9 heteroatoms. The lowest BCUT2D eigenvalue weighted by atomic mass is 10.2. The molecule has 3 aromatic rings. The Kier molecular flexibility index (Phi) is 5.14. The van der Waals surface area contributed by atoms with Gasteiger partial charge in [0.2, 0.25) is 5.88 Å². The van der Waals surface area contributed by atoms with Gasteiger partial charge in [0, 0.05) is 56.9 Å². The Morgan fingerprint density at radius 1 is 1.11 bits per heavy atom. The third-order valence-corrected chi connectivity index (χ3v) is 4.54. The second-order valence-electron chi connectivity index (χ2n) is 6.28. The zero-order chi connectivity index (χ0) is 19.3. The van der Waals surface area contributed by atoms with E-state index in [0.29, 0.717) is 50.0 Å². The summed E-state index contributed by atoms with van der Waals surface area (Å²) >= 11 is 0. The zero-order valence-electron chi connectivity index (χ0n) is 15.6. The molecular weight excluding hydrogens is 358 g/mol. The lowest BCUT2D eigenvalue weighted by Gasteiger charge is -2.35. The fraction of sp³-hybridized carbons (Fsp3) is 0.316. The van der Waals surface area contributed by atoms with Crippen LogP contribution in [0.4, 0.5) is 5.82 Å². The molecule has 0 spiro atoms. The molecule has 1 fully saturated rings. The van der Waals surface area contributed by atoms with E-state index in [1.807, 2.05) is 30.2 Å². The number of rotatable bonds is 5. The number of ether oxygens (including phenoxy) is 1. The van der Waals surface area contributed by atoms with Gasteiger partial charge in [0.1, 0.15) is 12.1 Å². The summed E-state index contributed by atoms with van der Waals surface area (Å²) in [7, 11) is 0. The average molecular weight is 379 g/mol. The number of hydrogen-bond acceptors (Lipinski definition) is 7. The summed E-state index contributed by atoms with van der Waals surface area (Å²) < 4.78 is 7.02. The molecule has 28 heavy (non-hydrogen) atoms. The molecule has 0 saturated carbocycles. The summed E-state index contributed by atoms with van der Waals surface area (Å²) in [6, 6.07) is 7.24. The second kappa shape index (κ2) is 8.03. The van der Waals surface area contributed by atoms with Crippen LogP contribution in [0.5, 0.6) is 5.88 Å². The zero-order valence-corrected chi connectivity index (χ0v) is 15.6. The first kappa shape index (κ1) is 17.9. The van der Waals surface area contributed by atoms with E-state index in [4.69, 9.17) is 4.74 Å². The van der Waals surface area contributed by atoms with Crippen molar-refractivity contribution in [3.63, 3.8) is 0 Å². The third kappa shape index (κ3) is 3.78. The molecule has 0 bridgehead atoms. The highest BCUT2D eigenvalue weighted by molar-refractivity contribution is 5.94. The van der Waals surface area contributed by atoms with Crippen LogP contribution in [0.1, 0.15) is 17.3 Å². The Labute approximate surface area is 162 Å². The summed E-state index contributed by atoms with van der Waals surface area (Å²) in [4.78, 5) is 29.5. The Morgan fingerprint density at radius 2 is 1.93 bits per heavy atom. The van der Waals surface area contributed by atoms with Gasteiger partial charge in [-0.3, -0.25) is 4.79 Å². The molecule has 4 rings (SSSR count). The van der Waals surface area contributed by atoms with Crippen molar-refractivity contribution in [2.24, 2.45) is 0 Å². The van der Waals surface area contributed by atoms with Crippen LogP contribution in [0.25, 0.3) is 5.82 Å². The highest BCUT2D eigenvalue weighted by Gasteiger charge is 2.23. The van der Waals surface area contributed by atoms with E-state index >= 15 is 0 Å². The number of carbonyl (C=O) groups is 1. The van der Waals surface area contributed by atoms with Gasteiger partial charge in [-0.2, -0.15) is 5.10 Å². The van der Waals surface area contributed by atoms with Crippen molar-refractivity contribution in [1.82, 2.24) is 29.6 Å². The number of carbonyl (C=O) groups excluding carboxylic acids is 1. The predicted molar refractivity (Wildman–Crippen MR) is 103 cm³/mol. The van der Waals surface area contributed by atoms with Gasteiger partial charge in [-0.1, -0.05) is 0 Å². The number of hydrogen-bond donors (Lipinski definition) is 0. The van der Waals surface area contributed by atoms with Crippen LogP contribution in [-0.2, 0) is 0 Å². The van der Waals surface area contributed by atoms with Gasteiger partial charge in [0.15, 0.2) is 5.82 Å². The molecule has 1 saturated heterocycles. The van der Waals surface area contributed by atoms with Gasteiger partial charge in [-0.15, -0.1) is 0 Å². The molecule has 1 aliphatic rings. The van der Waals surface area contributed by atoms with E-state index in [1.54, 1.807) is 29.2 Å². The summed E-state index contributed by atoms with van der Waals surface area (Å²) in [5, 5.41) is 4.20. The molecule has 9 nitrogen and oxygen atoms in total. The summed E-state index contributed by atoms with van der Waals surface area (Å²) in [5.41, 5.74) is 0.569. The molecule has 0 aliphatic carbocycles. The number of aromatic nitrogens is 5. The van der Waals surface area contributed by atoms with E-state index in [9.17, 15) is 4.79 Å². The Bertz CT molecular complexity index is 920. The maximum atomic E-state index is 12.7. The minimum absolute atomic E-state index is 0.0184. The van der Waals surface area contributed by atoms with Crippen molar-refractivity contribution in [3.8, 4) is 11.7 Å². The summed E-state index contributed by atoms with van der Waals surface area (Å²) in [5.74, 6) is 2.06. The average Bonchev–Trinajstić information content (AvgIpc) is 3.29. The van der Waals surface area contributed by atoms with E-state index < -0.39 is 0 Å². The van der Waals surface area contributed by atoms with Crippen LogP contribution in [0.15, 0.2) is 49.2 Å². The first-order chi connectivity index (χ1) is 13.7. The van der Waals surface area contributed by atoms with Crippen LogP contribution in [0.3, 0.4) is 0 Å². The van der Waals surface area contributed by atoms with E-state index in [-0.39, 0.29) is 5.91 Å². The van der Waals surface area contributed by atoms with Gasteiger partial charge in [0.05, 0.1) is 12.2 Å². The molecule has 144 valence electrons. The number of amides is 1. The van der Waals surface area contributed by atoms with Gasteiger partial charge in [-0.05, 0) is 19.1 Å². The molecular formula is C19H21N7O2. The molecule has 0 unspecified atom stereocenters. The van der Waals surface area contributed by atoms with E-state index in [2.05, 4.69) is 25.0 Å². The highest BCUT2D eigenvalue weighted by atomic mass is 16.5. The summed E-state index contributed by atoms with van der Waals surface area (Å²) in [6.07, 6.45) is 6.66. The minimum Gasteiger partial charge on any atom is -0.478 e.